The van der Waals surface area contributed by atoms with Crippen LogP contribution in [0.15, 0.2) is 73.1 Å². The zero-order valence-corrected chi connectivity index (χ0v) is 16.5. The lowest BCUT2D eigenvalue weighted by Crippen LogP contribution is -2.23. The number of nitrogens with zero attached hydrogens (tertiary/aromatic N) is 3. The average molecular weight is 420 g/mol. The molecule has 4 nitrogen and oxygen atoms in total. The van der Waals surface area contributed by atoms with Crippen LogP contribution in [0.1, 0.15) is 16.8 Å². The molecule has 0 radical (unpaired) electrons. The maximum absolute atomic E-state index is 13.1. The summed E-state index contributed by atoms with van der Waals surface area (Å²) in [6.45, 7) is 4.02. The van der Waals surface area contributed by atoms with E-state index in [9.17, 15) is 13.2 Å². The van der Waals surface area contributed by atoms with Gasteiger partial charge in [-0.15, -0.1) is 0 Å². The lowest BCUT2D eigenvalue weighted by molar-refractivity contribution is -0.137. The van der Waals surface area contributed by atoms with Gasteiger partial charge in [-0.05, 0) is 52.5 Å². The van der Waals surface area contributed by atoms with Gasteiger partial charge < -0.3 is 5.73 Å². The van der Waals surface area contributed by atoms with Gasteiger partial charge in [-0.1, -0.05) is 43.0 Å². The number of benzene rings is 2. The monoisotopic (exact) mass is 420 g/mol. The molecule has 0 aliphatic heterocycles. The first-order valence-electron chi connectivity index (χ1n) is 9.53. The Labute approximate surface area is 176 Å². The van der Waals surface area contributed by atoms with Gasteiger partial charge in [0.1, 0.15) is 0 Å². The fraction of sp³-hybridized carbons (Fsp3) is 0.0833. The molecule has 31 heavy (non-hydrogen) atoms. The highest BCUT2D eigenvalue weighted by Crippen LogP contribution is 2.31. The van der Waals surface area contributed by atoms with Crippen molar-refractivity contribution in [3.05, 3.63) is 100 Å². The minimum absolute atomic E-state index is 0.392. The minimum atomic E-state index is -4.41. The van der Waals surface area contributed by atoms with E-state index in [1.165, 1.54) is 12.3 Å². The van der Waals surface area contributed by atoms with E-state index in [1.54, 1.807) is 35.0 Å². The molecule has 2 aromatic carbocycles. The molecule has 0 amide bonds. The lowest BCUT2D eigenvalue weighted by atomic mass is 10.1. The van der Waals surface area contributed by atoms with E-state index in [-0.39, 0.29) is 0 Å². The van der Waals surface area contributed by atoms with Gasteiger partial charge in [0.2, 0.25) is 0 Å². The zero-order chi connectivity index (χ0) is 22.0. The van der Waals surface area contributed by atoms with Crippen molar-refractivity contribution >= 4 is 18.3 Å². The maximum Gasteiger partial charge on any atom is 0.416 e. The van der Waals surface area contributed by atoms with Gasteiger partial charge >= 0.3 is 6.18 Å². The van der Waals surface area contributed by atoms with Gasteiger partial charge in [0.05, 0.1) is 23.1 Å². The van der Waals surface area contributed by atoms with Crippen LogP contribution in [0.2, 0.25) is 0 Å². The summed E-state index contributed by atoms with van der Waals surface area (Å²) in [6, 6.07) is 14.5. The molecule has 156 valence electrons. The molecule has 0 saturated heterocycles. The number of hydrogen-bond acceptors (Lipinski definition) is 3. The smallest absolute Gasteiger partial charge is 0.405 e. The van der Waals surface area contributed by atoms with Crippen molar-refractivity contribution in [3.8, 4) is 11.3 Å². The van der Waals surface area contributed by atoms with Crippen molar-refractivity contribution in [3.63, 3.8) is 0 Å². The highest BCUT2D eigenvalue weighted by molar-refractivity contribution is 5.61. The number of aromatic nitrogens is 3. The summed E-state index contributed by atoms with van der Waals surface area (Å²) in [5, 5.41) is 6.38. The van der Waals surface area contributed by atoms with Gasteiger partial charge in [0.15, 0.2) is 5.65 Å². The first kappa shape index (κ1) is 20.4. The lowest BCUT2D eigenvalue weighted by Gasteiger charge is -2.09. The molecule has 2 N–H and O–H groups in total. The number of nitrogens with two attached hydrogens (primary N) is 1. The van der Waals surface area contributed by atoms with Crippen molar-refractivity contribution in [2.75, 3.05) is 0 Å². The second-order valence-corrected chi connectivity index (χ2v) is 7.08. The first-order chi connectivity index (χ1) is 14.8. The van der Waals surface area contributed by atoms with Crippen LogP contribution in [0.5, 0.6) is 0 Å². The fourth-order valence-corrected chi connectivity index (χ4v) is 3.33. The van der Waals surface area contributed by atoms with E-state index >= 15 is 0 Å². The highest BCUT2D eigenvalue weighted by Gasteiger charge is 2.30. The minimum Gasteiger partial charge on any atom is -0.405 e. The Morgan fingerprint density at radius 1 is 1.06 bits per heavy atom. The molecule has 0 aliphatic rings. The quantitative estimate of drug-likeness (QED) is 0.548. The second-order valence-electron chi connectivity index (χ2n) is 7.08. The number of alkyl halides is 3. The van der Waals surface area contributed by atoms with Crippen molar-refractivity contribution in [2.45, 2.75) is 12.6 Å². The van der Waals surface area contributed by atoms with Crippen molar-refractivity contribution in [2.24, 2.45) is 5.73 Å². The van der Waals surface area contributed by atoms with Crippen LogP contribution >= 0.6 is 0 Å². The van der Waals surface area contributed by atoms with Crippen molar-refractivity contribution in [1.29, 1.82) is 0 Å². The van der Waals surface area contributed by atoms with Crippen LogP contribution in [0.3, 0.4) is 0 Å². The molecule has 0 atom stereocenters. The Bertz CT molecular complexity index is 1380. The molecule has 4 rings (SSSR count). The summed E-state index contributed by atoms with van der Waals surface area (Å²) in [4.78, 5) is 4.37. The van der Waals surface area contributed by atoms with E-state index in [2.05, 4.69) is 16.7 Å². The third-order valence-electron chi connectivity index (χ3n) is 4.90. The number of fused-ring (bicyclic) bond motifs is 1. The second kappa shape index (κ2) is 8.10. The number of hydrogen-bond donors (Lipinski definition) is 1. The summed E-state index contributed by atoms with van der Waals surface area (Å²) in [7, 11) is 0. The van der Waals surface area contributed by atoms with E-state index in [0.29, 0.717) is 23.3 Å². The number of allylic oxidation sites excluding steroid dienone is 1. The standard InChI is InChI=1S/C24H19F3N4/c1-16-7-8-17(12-18(16)5-3-11-28)13-21-15-29-23-10-9-22(30-31(21)23)19-4-2-6-20(14-19)24(25,26)27/h2-12,14-15H,1,13,28H2/b11-3-,18-5-. The predicted molar refractivity (Wildman–Crippen MR) is 115 cm³/mol. The number of imidazole rings is 1. The largest absolute Gasteiger partial charge is 0.416 e. The Morgan fingerprint density at radius 2 is 1.90 bits per heavy atom. The fourth-order valence-electron chi connectivity index (χ4n) is 3.33. The molecule has 0 unspecified atom stereocenters. The first-order valence-corrected chi connectivity index (χ1v) is 9.53. The SMILES string of the molecule is C=c1ccc(Cc2cnc3ccc(-c4cccc(C(F)(F)F)c4)nn23)c/c1=C/C=C\N. The molecule has 2 aromatic heterocycles. The molecule has 0 fully saturated rings. The zero-order valence-electron chi connectivity index (χ0n) is 16.5. The van der Waals surface area contributed by atoms with E-state index in [4.69, 9.17) is 5.73 Å². The average Bonchev–Trinajstić information content (AvgIpc) is 3.15. The van der Waals surface area contributed by atoms with E-state index in [1.807, 2.05) is 24.3 Å². The van der Waals surface area contributed by atoms with Crippen molar-refractivity contribution < 1.29 is 13.2 Å². The predicted octanol–water partition coefficient (Wildman–Crippen LogP) is 3.67. The van der Waals surface area contributed by atoms with Gasteiger partial charge in [-0.25, -0.2) is 9.50 Å². The highest BCUT2D eigenvalue weighted by atomic mass is 19.4. The normalized spacial score (nSPS) is 12.8. The van der Waals surface area contributed by atoms with Gasteiger partial charge in [0.25, 0.3) is 0 Å². The van der Waals surface area contributed by atoms with Crippen molar-refractivity contribution in [1.82, 2.24) is 14.6 Å². The van der Waals surface area contributed by atoms with Crippen LogP contribution in [-0.4, -0.2) is 14.6 Å². The molecular weight excluding hydrogens is 401 g/mol. The third-order valence-corrected chi connectivity index (χ3v) is 4.90. The summed E-state index contributed by atoms with van der Waals surface area (Å²) in [6.07, 6.45) is 2.94. The summed E-state index contributed by atoms with van der Waals surface area (Å²) in [5.41, 5.74) is 8.01. The topological polar surface area (TPSA) is 56.2 Å². The molecule has 4 aromatic rings. The van der Waals surface area contributed by atoms with Gasteiger partial charge in [0, 0.05) is 12.0 Å². The van der Waals surface area contributed by atoms with Crippen LogP contribution in [0, 0.1) is 0 Å². The Balaban J connectivity index is 1.73. The molecule has 0 spiro atoms. The maximum atomic E-state index is 13.1. The van der Waals surface area contributed by atoms with Crippen LogP contribution in [0.4, 0.5) is 13.2 Å². The van der Waals surface area contributed by atoms with Gasteiger partial charge in [-0.3, -0.25) is 0 Å². The Morgan fingerprint density at radius 3 is 2.68 bits per heavy atom. The summed E-state index contributed by atoms with van der Waals surface area (Å²) < 4.78 is 40.9. The molecule has 0 saturated carbocycles. The molecule has 0 bridgehead atoms. The van der Waals surface area contributed by atoms with E-state index in [0.717, 1.165) is 33.8 Å². The summed E-state index contributed by atoms with van der Waals surface area (Å²) in [5.74, 6) is 0. The summed E-state index contributed by atoms with van der Waals surface area (Å²) >= 11 is 0. The van der Waals surface area contributed by atoms with Crippen LogP contribution in [-0.2, 0) is 12.6 Å². The number of halogens is 3. The molecule has 2 heterocycles. The molecular formula is C24H19F3N4. The molecule has 0 aliphatic carbocycles. The Kier molecular flexibility index (Phi) is 5.33. The Hall–Kier alpha value is -3.87. The number of rotatable bonds is 4. The van der Waals surface area contributed by atoms with Crippen LogP contribution in [0.25, 0.3) is 29.6 Å². The van der Waals surface area contributed by atoms with Gasteiger partial charge in [-0.2, -0.15) is 18.3 Å². The molecule has 7 heteroatoms. The van der Waals surface area contributed by atoms with E-state index < -0.39 is 11.7 Å². The van der Waals surface area contributed by atoms with Crippen LogP contribution < -0.4 is 16.2 Å². The third kappa shape index (κ3) is 4.35.